The normalized spacial score (nSPS) is 19.4. The van der Waals surface area contributed by atoms with Gasteiger partial charge in [0, 0.05) is 86.2 Å². The molecule has 4 aliphatic rings. The van der Waals surface area contributed by atoms with Crippen molar-refractivity contribution in [3.05, 3.63) is 108 Å². The molecule has 5 aromatic heterocycles. The molecule has 10 rings (SSSR count). The van der Waals surface area contributed by atoms with Gasteiger partial charge in [0.2, 0.25) is 17.7 Å². The SMILES string of the molecule is COCC1(Cc2ccccn2)CCN(c2ccc(-c3nc(-c4cnn(C5CCN(C(=O)CN6CCC(c7ccc(NC8CCC(=O)NC8=O)cc7F)CC6)CC5)c4)cn4ncc(C#N)c34)cn2)CC1. The molecule has 0 spiro atoms. The van der Waals surface area contributed by atoms with Crippen molar-refractivity contribution in [1.29, 1.82) is 5.26 Å². The number of hydrogen-bond donors (Lipinski definition) is 2. The third-order valence-corrected chi connectivity index (χ3v) is 14.6. The Balaban J connectivity index is 0.735. The third kappa shape index (κ3) is 9.93. The Kier molecular flexibility index (Phi) is 13.1. The van der Waals surface area contributed by atoms with Crippen molar-refractivity contribution in [1.82, 2.24) is 49.5 Å². The van der Waals surface area contributed by atoms with E-state index >= 15 is 4.39 Å². The average molecular weight is 934 g/mol. The molecule has 4 fully saturated rings. The first-order chi connectivity index (χ1) is 33.6. The Labute approximate surface area is 399 Å². The molecule has 2 N–H and O–H groups in total. The molecule has 6 aromatic rings. The van der Waals surface area contributed by atoms with Crippen molar-refractivity contribution in [3.8, 4) is 28.6 Å². The number of anilines is 2. The number of pyridine rings is 2. The maximum atomic E-state index is 15.3. The first-order valence-electron chi connectivity index (χ1n) is 24.0. The lowest BCUT2D eigenvalue weighted by Crippen LogP contribution is -2.47. The number of nitrogens with zero attached hydrogens (tertiary/aromatic N) is 11. The van der Waals surface area contributed by atoms with Crippen LogP contribution in [0.2, 0.25) is 0 Å². The standard InChI is InChI=1S/C51H56FN13O4/c1-69-33-51(25-39-4-2-3-17-54-39)15-22-62(23-16-51)45-9-5-35(27-55-45)48-49-36(26-53)28-57-65(49)31-44(59-48)37-29-56-64(30-37)40-13-20-63(21-14-40)47(67)32-61-18-11-34(12-19-61)41-7-6-38(24-42(41)52)58-43-8-10-46(66)60-50(43)68/h2-7,9,17,24,27-31,34,40,43,58H,8,10-16,18-23,25,32-33H2,1H3,(H,60,66,68). The van der Waals surface area contributed by atoms with E-state index in [4.69, 9.17) is 19.8 Å². The number of methoxy groups -OCH3 is 1. The molecule has 9 heterocycles. The molecule has 69 heavy (non-hydrogen) atoms. The monoisotopic (exact) mass is 933 g/mol. The lowest BCUT2D eigenvalue weighted by molar-refractivity contribution is -0.135. The van der Waals surface area contributed by atoms with Crippen LogP contribution in [0.25, 0.3) is 28.0 Å². The molecule has 0 aliphatic carbocycles. The van der Waals surface area contributed by atoms with Crippen molar-refractivity contribution in [2.75, 3.05) is 69.7 Å². The van der Waals surface area contributed by atoms with E-state index in [0.717, 1.165) is 80.7 Å². The van der Waals surface area contributed by atoms with E-state index in [1.807, 2.05) is 64.8 Å². The van der Waals surface area contributed by atoms with E-state index in [9.17, 15) is 19.6 Å². The molecule has 0 bridgehead atoms. The molecule has 0 saturated carbocycles. The highest BCUT2D eigenvalue weighted by Crippen LogP contribution is 2.38. The van der Waals surface area contributed by atoms with Gasteiger partial charge in [0.05, 0.1) is 49.2 Å². The Morgan fingerprint density at radius 2 is 1.75 bits per heavy atom. The zero-order chi connectivity index (χ0) is 47.5. The molecule has 18 heteroatoms. The van der Waals surface area contributed by atoms with Crippen molar-refractivity contribution in [2.24, 2.45) is 5.41 Å². The summed E-state index contributed by atoms with van der Waals surface area (Å²) in [4.78, 5) is 58.2. The van der Waals surface area contributed by atoms with Crippen LogP contribution in [-0.4, -0.2) is 127 Å². The number of likely N-dealkylation sites (tertiary alicyclic amines) is 2. The smallest absolute Gasteiger partial charge is 0.249 e. The Morgan fingerprint density at radius 1 is 0.928 bits per heavy atom. The van der Waals surface area contributed by atoms with E-state index in [2.05, 4.69) is 42.7 Å². The number of fused-ring (bicyclic) bond motifs is 1. The number of amides is 3. The van der Waals surface area contributed by atoms with Gasteiger partial charge in [0.25, 0.3) is 0 Å². The molecule has 356 valence electrons. The number of piperidine rings is 4. The second kappa shape index (κ2) is 19.9. The molecule has 4 aliphatic heterocycles. The van der Waals surface area contributed by atoms with Gasteiger partial charge in [-0.25, -0.2) is 18.9 Å². The fraction of sp³-hybridized carbons (Fsp3) is 0.431. The maximum Gasteiger partial charge on any atom is 0.249 e. The first kappa shape index (κ1) is 45.7. The van der Waals surface area contributed by atoms with E-state index in [1.54, 1.807) is 30.0 Å². The van der Waals surface area contributed by atoms with Crippen molar-refractivity contribution >= 4 is 34.7 Å². The number of aromatic nitrogens is 7. The average Bonchev–Trinajstić information content (AvgIpc) is 4.04. The highest BCUT2D eigenvalue weighted by molar-refractivity contribution is 6.01. The van der Waals surface area contributed by atoms with E-state index in [1.165, 1.54) is 6.07 Å². The molecule has 1 aromatic carbocycles. The summed E-state index contributed by atoms with van der Waals surface area (Å²) in [6, 6.07) is 16.9. The zero-order valence-electron chi connectivity index (χ0n) is 38.8. The summed E-state index contributed by atoms with van der Waals surface area (Å²) in [7, 11) is 1.77. The van der Waals surface area contributed by atoms with Crippen LogP contribution in [0.15, 0.2) is 85.7 Å². The molecule has 1 unspecified atom stereocenters. The van der Waals surface area contributed by atoms with Crippen LogP contribution in [-0.2, 0) is 25.5 Å². The minimum Gasteiger partial charge on any atom is -0.384 e. The molecular formula is C51H56FN13O4. The number of ether oxygens (including phenoxy) is 1. The number of hydrogen-bond acceptors (Lipinski definition) is 13. The molecular weight excluding hydrogens is 878 g/mol. The second-order valence-corrected chi connectivity index (χ2v) is 19.0. The summed E-state index contributed by atoms with van der Waals surface area (Å²) in [5.74, 6) is 0.0183. The van der Waals surface area contributed by atoms with Crippen LogP contribution in [0, 0.1) is 22.6 Å². The molecule has 3 amide bonds. The predicted octanol–water partition coefficient (Wildman–Crippen LogP) is 5.80. The summed E-state index contributed by atoms with van der Waals surface area (Å²) >= 11 is 0. The van der Waals surface area contributed by atoms with Gasteiger partial charge in [0.1, 0.15) is 34.8 Å². The maximum absolute atomic E-state index is 15.3. The number of carbonyl (C=O) groups is 3. The Morgan fingerprint density at radius 3 is 2.46 bits per heavy atom. The quantitative estimate of drug-likeness (QED) is 0.132. The van der Waals surface area contributed by atoms with Gasteiger partial charge in [-0.2, -0.15) is 15.5 Å². The topological polar surface area (TPSA) is 192 Å². The number of carbonyl (C=O) groups excluding carboxylic acids is 3. The number of rotatable bonds is 13. The first-order valence-corrected chi connectivity index (χ1v) is 24.0. The summed E-state index contributed by atoms with van der Waals surface area (Å²) in [5, 5.41) is 24.7. The van der Waals surface area contributed by atoms with Crippen LogP contribution in [0.5, 0.6) is 0 Å². The van der Waals surface area contributed by atoms with Crippen molar-refractivity contribution in [2.45, 2.75) is 75.8 Å². The fourth-order valence-electron chi connectivity index (χ4n) is 10.6. The number of benzene rings is 1. The van der Waals surface area contributed by atoms with Crippen LogP contribution in [0.4, 0.5) is 15.9 Å². The minimum absolute atomic E-state index is 0.0150. The van der Waals surface area contributed by atoms with E-state index in [-0.39, 0.29) is 41.4 Å². The van der Waals surface area contributed by atoms with Gasteiger partial charge in [-0.05, 0) is 112 Å². The Bertz CT molecular complexity index is 2860. The van der Waals surface area contributed by atoms with Crippen molar-refractivity contribution < 1.29 is 23.5 Å². The van der Waals surface area contributed by atoms with Crippen LogP contribution in [0.3, 0.4) is 0 Å². The molecule has 4 saturated heterocycles. The molecule has 17 nitrogen and oxygen atoms in total. The van der Waals surface area contributed by atoms with Crippen molar-refractivity contribution in [3.63, 3.8) is 0 Å². The van der Waals surface area contributed by atoms with Gasteiger partial charge >= 0.3 is 0 Å². The Hall–Kier alpha value is -7.10. The van der Waals surface area contributed by atoms with Crippen LogP contribution in [0.1, 0.15) is 80.1 Å². The highest BCUT2D eigenvalue weighted by atomic mass is 19.1. The highest BCUT2D eigenvalue weighted by Gasteiger charge is 2.36. The summed E-state index contributed by atoms with van der Waals surface area (Å²) < 4.78 is 24.7. The van der Waals surface area contributed by atoms with Crippen LogP contribution >= 0.6 is 0 Å². The zero-order valence-corrected chi connectivity index (χ0v) is 38.8. The summed E-state index contributed by atoms with van der Waals surface area (Å²) in [6.45, 7) is 5.34. The fourth-order valence-corrected chi connectivity index (χ4v) is 10.6. The van der Waals surface area contributed by atoms with Gasteiger partial charge < -0.3 is 19.9 Å². The lowest BCUT2D eigenvalue weighted by Gasteiger charge is -2.42. The summed E-state index contributed by atoms with van der Waals surface area (Å²) in [6.07, 6.45) is 17.3. The lowest BCUT2D eigenvalue weighted by atomic mass is 9.75. The van der Waals surface area contributed by atoms with Gasteiger partial charge in [0.15, 0.2) is 0 Å². The largest absolute Gasteiger partial charge is 0.384 e. The summed E-state index contributed by atoms with van der Waals surface area (Å²) in [5.41, 5.74) is 6.15. The minimum atomic E-state index is -0.575. The van der Waals surface area contributed by atoms with Gasteiger partial charge in [-0.3, -0.25) is 34.3 Å². The van der Waals surface area contributed by atoms with Gasteiger partial charge in [-0.1, -0.05) is 12.1 Å². The van der Waals surface area contributed by atoms with E-state index in [0.29, 0.717) is 79.5 Å². The second-order valence-electron chi connectivity index (χ2n) is 19.0. The molecule has 0 radical (unpaired) electrons. The van der Waals surface area contributed by atoms with Crippen LogP contribution < -0.4 is 15.5 Å². The predicted molar refractivity (Wildman–Crippen MR) is 255 cm³/mol. The third-order valence-electron chi connectivity index (χ3n) is 14.6. The van der Waals surface area contributed by atoms with E-state index < -0.39 is 11.9 Å². The molecule has 1 atom stereocenters. The number of nitrogens with one attached hydrogen (secondary N) is 2. The van der Waals surface area contributed by atoms with Gasteiger partial charge in [-0.15, -0.1) is 0 Å². The number of halogens is 1. The number of nitriles is 1. The number of imide groups is 1.